The number of benzene rings is 1. The van der Waals surface area contributed by atoms with Gasteiger partial charge in [0.25, 0.3) is 5.91 Å². The van der Waals surface area contributed by atoms with Crippen molar-refractivity contribution < 1.29 is 4.79 Å². The van der Waals surface area contributed by atoms with Crippen molar-refractivity contribution in [2.75, 3.05) is 13.1 Å². The van der Waals surface area contributed by atoms with Crippen LogP contribution in [0.25, 0.3) is 0 Å². The molecule has 0 bridgehead atoms. The van der Waals surface area contributed by atoms with E-state index in [9.17, 15) is 4.79 Å². The zero-order valence-electron chi connectivity index (χ0n) is 9.82. The van der Waals surface area contributed by atoms with Gasteiger partial charge in [-0.1, -0.05) is 28.1 Å². The van der Waals surface area contributed by atoms with Crippen LogP contribution in [-0.4, -0.2) is 23.9 Å². The number of halogens is 1. The first-order valence-electron chi connectivity index (χ1n) is 5.54. The lowest BCUT2D eigenvalue weighted by Crippen LogP contribution is -2.31. The first-order valence-corrected chi connectivity index (χ1v) is 6.66. The molecule has 0 saturated carbocycles. The number of hydrogen-bond donors (Lipinski definition) is 0. The monoisotopic (exact) mass is 294 g/mol. The summed E-state index contributed by atoms with van der Waals surface area (Å²) < 4.78 is 0. The topological polar surface area (TPSA) is 44.1 Å². The predicted molar refractivity (Wildman–Crippen MR) is 70.9 cm³/mol. The Bertz CT molecular complexity index is 408. The van der Waals surface area contributed by atoms with Gasteiger partial charge in [-0.2, -0.15) is 5.26 Å². The normalized spacial score (nSPS) is 9.71. The van der Waals surface area contributed by atoms with Gasteiger partial charge < -0.3 is 4.90 Å². The molecule has 17 heavy (non-hydrogen) atoms. The summed E-state index contributed by atoms with van der Waals surface area (Å²) in [5, 5.41) is 9.32. The van der Waals surface area contributed by atoms with Gasteiger partial charge in [-0.25, -0.2) is 0 Å². The van der Waals surface area contributed by atoms with Crippen LogP contribution in [0, 0.1) is 11.3 Å². The van der Waals surface area contributed by atoms with Gasteiger partial charge in [0.05, 0.1) is 12.5 Å². The van der Waals surface area contributed by atoms with Gasteiger partial charge in [-0.05, 0) is 24.6 Å². The maximum atomic E-state index is 12.1. The van der Waals surface area contributed by atoms with E-state index in [4.69, 9.17) is 5.26 Å². The van der Waals surface area contributed by atoms with Crippen LogP contribution in [0.5, 0.6) is 0 Å². The van der Waals surface area contributed by atoms with Gasteiger partial charge in [0, 0.05) is 24.0 Å². The van der Waals surface area contributed by atoms with Crippen molar-refractivity contribution in [3.63, 3.8) is 0 Å². The highest BCUT2D eigenvalue weighted by molar-refractivity contribution is 9.08. The molecule has 0 fully saturated rings. The number of carbonyl (C=O) groups excluding carboxylic acids is 1. The van der Waals surface area contributed by atoms with Gasteiger partial charge in [0.15, 0.2) is 0 Å². The van der Waals surface area contributed by atoms with Crippen LogP contribution in [0.1, 0.15) is 29.3 Å². The highest BCUT2D eigenvalue weighted by Gasteiger charge is 2.13. The van der Waals surface area contributed by atoms with E-state index in [2.05, 4.69) is 22.0 Å². The molecule has 0 unspecified atom stereocenters. The second-order valence-electron chi connectivity index (χ2n) is 3.62. The second kappa shape index (κ2) is 7.08. The number of amides is 1. The molecule has 4 heteroatoms. The van der Waals surface area contributed by atoms with E-state index < -0.39 is 0 Å². The fourth-order valence-corrected chi connectivity index (χ4v) is 1.88. The summed E-state index contributed by atoms with van der Waals surface area (Å²) in [5.41, 5.74) is 1.82. The van der Waals surface area contributed by atoms with Crippen LogP contribution in [0.2, 0.25) is 0 Å². The largest absolute Gasteiger partial charge is 0.338 e. The Morgan fingerprint density at radius 3 is 2.53 bits per heavy atom. The average molecular weight is 295 g/mol. The molecule has 0 aliphatic rings. The Morgan fingerprint density at radius 2 is 2.06 bits per heavy atom. The second-order valence-corrected chi connectivity index (χ2v) is 4.18. The highest BCUT2D eigenvalue weighted by Crippen LogP contribution is 2.10. The maximum absolute atomic E-state index is 12.1. The van der Waals surface area contributed by atoms with E-state index in [0.29, 0.717) is 25.1 Å². The Balaban J connectivity index is 2.75. The number of rotatable bonds is 5. The molecule has 0 aliphatic carbocycles. The Labute approximate surface area is 110 Å². The van der Waals surface area contributed by atoms with Crippen molar-refractivity contribution in [2.45, 2.75) is 18.7 Å². The zero-order valence-corrected chi connectivity index (χ0v) is 11.4. The SMILES string of the molecule is CCN(CCC#N)C(=O)c1ccc(CBr)cc1. The minimum atomic E-state index is -0.0103. The van der Waals surface area contributed by atoms with Crippen molar-refractivity contribution in [2.24, 2.45) is 0 Å². The summed E-state index contributed by atoms with van der Waals surface area (Å²) in [4.78, 5) is 13.8. The van der Waals surface area contributed by atoms with Crippen molar-refractivity contribution in [3.05, 3.63) is 35.4 Å². The molecule has 90 valence electrons. The van der Waals surface area contributed by atoms with Gasteiger partial charge in [0.2, 0.25) is 0 Å². The number of carbonyl (C=O) groups is 1. The quantitative estimate of drug-likeness (QED) is 0.784. The van der Waals surface area contributed by atoms with Crippen LogP contribution in [0.3, 0.4) is 0 Å². The van der Waals surface area contributed by atoms with Gasteiger partial charge in [0.1, 0.15) is 0 Å². The molecule has 1 amide bonds. The fourth-order valence-electron chi connectivity index (χ4n) is 1.51. The maximum Gasteiger partial charge on any atom is 0.253 e. The number of nitriles is 1. The van der Waals surface area contributed by atoms with E-state index in [0.717, 1.165) is 10.9 Å². The third kappa shape index (κ3) is 3.86. The molecule has 1 aromatic carbocycles. The van der Waals surface area contributed by atoms with E-state index >= 15 is 0 Å². The molecular formula is C13H15BrN2O. The van der Waals surface area contributed by atoms with Gasteiger partial charge in [-0.15, -0.1) is 0 Å². The van der Waals surface area contributed by atoms with Crippen molar-refractivity contribution >= 4 is 21.8 Å². The summed E-state index contributed by atoms with van der Waals surface area (Å²) in [6.45, 7) is 3.04. The summed E-state index contributed by atoms with van der Waals surface area (Å²) in [6, 6.07) is 9.57. The molecule has 0 aliphatic heterocycles. The average Bonchev–Trinajstić information content (AvgIpc) is 2.39. The molecule has 1 aromatic rings. The van der Waals surface area contributed by atoms with Crippen LogP contribution in [0.4, 0.5) is 0 Å². The predicted octanol–water partition coefficient (Wildman–Crippen LogP) is 2.96. The summed E-state index contributed by atoms with van der Waals surface area (Å²) >= 11 is 3.36. The molecule has 0 N–H and O–H groups in total. The van der Waals surface area contributed by atoms with E-state index in [-0.39, 0.29) is 5.91 Å². The Kier molecular flexibility index (Phi) is 5.71. The molecule has 0 saturated heterocycles. The summed E-state index contributed by atoms with van der Waals surface area (Å²) in [7, 11) is 0. The number of hydrogen-bond acceptors (Lipinski definition) is 2. The molecule has 0 radical (unpaired) electrons. The lowest BCUT2D eigenvalue weighted by Gasteiger charge is -2.19. The summed E-state index contributed by atoms with van der Waals surface area (Å²) in [6.07, 6.45) is 0.374. The molecular weight excluding hydrogens is 280 g/mol. The van der Waals surface area contributed by atoms with Crippen molar-refractivity contribution in [1.29, 1.82) is 5.26 Å². The third-order valence-electron chi connectivity index (χ3n) is 2.52. The van der Waals surface area contributed by atoms with Gasteiger partial charge >= 0.3 is 0 Å². The van der Waals surface area contributed by atoms with E-state index in [1.807, 2.05) is 31.2 Å². The molecule has 1 rings (SSSR count). The Morgan fingerprint density at radius 1 is 1.41 bits per heavy atom. The van der Waals surface area contributed by atoms with E-state index in [1.54, 1.807) is 4.90 Å². The molecule has 3 nitrogen and oxygen atoms in total. The highest BCUT2D eigenvalue weighted by atomic mass is 79.9. The number of alkyl halides is 1. The van der Waals surface area contributed by atoms with Gasteiger partial charge in [-0.3, -0.25) is 4.79 Å². The first-order chi connectivity index (χ1) is 8.22. The van der Waals surface area contributed by atoms with Crippen molar-refractivity contribution in [3.8, 4) is 6.07 Å². The molecule has 0 spiro atoms. The third-order valence-corrected chi connectivity index (χ3v) is 3.17. The fraction of sp³-hybridized carbons (Fsp3) is 0.385. The van der Waals surface area contributed by atoms with Crippen molar-refractivity contribution in [1.82, 2.24) is 4.90 Å². The first kappa shape index (κ1) is 13.7. The van der Waals surface area contributed by atoms with Crippen LogP contribution < -0.4 is 0 Å². The standard InChI is InChI=1S/C13H15BrN2O/c1-2-16(9-3-8-15)13(17)12-6-4-11(10-14)5-7-12/h4-7H,2-3,9-10H2,1H3. The number of nitrogens with zero attached hydrogens (tertiary/aromatic N) is 2. The lowest BCUT2D eigenvalue weighted by molar-refractivity contribution is 0.0768. The minimum Gasteiger partial charge on any atom is -0.338 e. The zero-order chi connectivity index (χ0) is 12.7. The van der Waals surface area contributed by atoms with Crippen LogP contribution in [0.15, 0.2) is 24.3 Å². The molecule has 0 aromatic heterocycles. The molecule has 0 heterocycles. The lowest BCUT2D eigenvalue weighted by atomic mass is 10.1. The molecule has 0 atom stereocenters. The smallest absolute Gasteiger partial charge is 0.253 e. The van der Waals surface area contributed by atoms with Crippen LogP contribution in [-0.2, 0) is 5.33 Å². The minimum absolute atomic E-state index is 0.0103. The Hall–Kier alpha value is -1.34. The van der Waals surface area contributed by atoms with E-state index in [1.165, 1.54) is 0 Å². The van der Waals surface area contributed by atoms with Crippen LogP contribution >= 0.6 is 15.9 Å². The summed E-state index contributed by atoms with van der Waals surface area (Å²) in [5.74, 6) is -0.0103.